The van der Waals surface area contributed by atoms with Gasteiger partial charge in [0.05, 0.1) is 18.1 Å². The predicted octanol–water partition coefficient (Wildman–Crippen LogP) is 3.39. The third kappa shape index (κ3) is 4.19. The monoisotopic (exact) mass is 448 g/mol. The first-order chi connectivity index (χ1) is 15.0. The third-order valence-corrected chi connectivity index (χ3v) is 5.77. The molecule has 1 fully saturated rings. The average molecular weight is 448 g/mol. The third-order valence-electron chi connectivity index (χ3n) is 5.77. The zero-order chi connectivity index (χ0) is 23.7. The minimum absolute atomic E-state index is 0.0619. The molecule has 2 aromatic carbocycles. The van der Waals surface area contributed by atoms with Gasteiger partial charge in [0.2, 0.25) is 17.7 Å². The molecule has 0 saturated carbocycles. The second-order valence-electron chi connectivity index (χ2n) is 7.80. The van der Waals surface area contributed by atoms with E-state index in [9.17, 15) is 27.6 Å². The van der Waals surface area contributed by atoms with Crippen LogP contribution in [0.2, 0.25) is 0 Å². The summed E-state index contributed by atoms with van der Waals surface area (Å²) in [4.78, 5) is 40.8. The van der Waals surface area contributed by atoms with Crippen LogP contribution in [0.1, 0.15) is 29.5 Å². The Kier molecular flexibility index (Phi) is 6.29. The summed E-state index contributed by atoms with van der Waals surface area (Å²) in [5.41, 5.74) is -1.99. The molecule has 32 heavy (non-hydrogen) atoms. The van der Waals surface area contributed by atoms with Crippen molar-refractivity contribution in [2.24, 2.45) is 0 Å². The molecule has 1 atom stereocenters. The zero-order valence-corrected chi connectivity index (χ0v) is 17.9. The van der Waals surface area contributed by atoms with Crippen molar-refractivity contribution in [1.82, 2.24) is 9.80 Å². The fraction of sp³-hybridized carbons (Fsp3) is 0.348. The van der Waals surface area contributed by atoms with Crippen LogP contribution in [-0.2, 0) is 32.5 Å². The van der Waals surface area contributed by atoms with Gasteiger partial charge in [-0.15, -0.1) is 0 Å². The summed E-state index contributed by atoms with van der Waals surface area (Å²) in [7, 11) is 4.13. The average Bonchev–Trinajstić information content (AvgIpc) is 2.97. The highest BCUT2D eigenvalue weighted by atomic mass is 19.4. The lowest BCUT2D eigenvalue weighted by Crippen LogP contribution is -2.42. The predicted molar refractivity (Wildman–Crippen MR) is 110 cm³/mol. The number of alkyl halides is 3. The number of ether oxygens (including phenoxy) is 1. The van der Waals surface area contributed by atoms with Crippen molar-refractivity contribution in [3.05, 3.63) is 65.2 Å². The van der Waals surface area contributed by atoms with Crippen molar-refractivity contribution in [3.8, 4) is 5.75 Å². The van der Waals surface area contributed by atoms with Gasteiger partial charge in [-0.2, -0.15) is 13.2 Å². The molecule has 1 heterocycles. The molecular formula is C23H23F3N2O4. The number of hydrogen-bond donors (Lipinski definition) is 0. The van der Waals surface area contributed by atoms with Gasteiger partial charge < -0.3 is 9.64 Å². The van der Waals surface area contributed by atoms with Gasteiger partial charge in [0.15, 0.2) is 0 Å². The van der Waals surface area contributed by atoms with Crippen LogP contribution < -0.4 is 4.74 Å². The van der Waals surface area contributed by atoms with E-state index in [2.05, 4.69) is 0 Å². The highest BCUT2D eigenvalue weighted by Crippen LogP contribution is 2.43. The number of imide groups is 1. The van der Waals surface area contributed by atoms with Gasteiger partial charge in [-0.1, -0.05) is 36.4 Å². The van der Waals surface area contributed by atoms with Crippen molar-refractivity contribution >= 4 is 17.7 Å². The van der Waals surface area contributed by atoms with Crippen molar-refractivity contribution in [3.63, 3.8) is 0 Å². The number of carbonyl (C=O) groups is 3. The summed E-state index contributed by atoms with van der Waals surface area (Å²) >= 11 is 0. The number of carbonyl (C=O) groups excluding carboxylic acids is 3. The minimum Gasteiger partial charge on any atom is -0.496 e. The molecule has 0 aromatic heterocycles. The molecule has 6 nitrogen and oxygen atoms in total. The number of halogens is 3. The SMILES string of the molecule is COc1ccccc1[C@@]1(CC(=O)N(C)Cc2ccccc2C(F)(F)F)CC(=O)N(C)C1=O. The highest BCUT2D eigenvalue weighted by molar-refractivity contribution is 6.10. The maximum absolute atomic E-state index is 13.3. The Hall–Kier alpha value is -3.36. The van der Waals surface area contributed by atoms with Crippen LogP contribution in [0.15, 0.2) is 48.5 Å². The quantitative estimate of drug-likeness (QED) is 0.636. The number of likely N-dealkylation sites (tertiary alicyclic amines) is 1. The molecule has 2 aromatic rings. The molecule has 170 valence electrons. The van der Waals surface area contributed by atoms with Gasteiger partial charge in [-0.3, -0.25) is 19.3 Å². The van der Waals surface area contributed by atoms with E-state index >= 15 is 0 Å². The number of nitrogens with zero attached hydrogens (tertiary/aromatic N) is 2. The maximum Gasteiger partial charge on any atom is 0.416 e. The highest BCUT2D eigenvalue weighted by Gasteiger charge is 2.54. The molecule has 0 spiro atoms. The number of amides is 3. The summed E-state index contributed by atoms with van der Waals surface area (Å²) in [5, 5.41) is 0. The Morgan fingerprint density at radius 3 is 2.34 bits per heavy atom. The molecule has 0 radical (unpaired) electrons. The molecule has 0 N–H and O–H groups in total. The van der Waals surface area contributed by atoms with Crippen LogP contribution in [0.3, 0.4) is 0 Å². The largest absolute Gasteiger partial charge is 0.496 e. The van der Waals surface area contributed by atoms with E-state index in [4.69, 9.17) is 4.74 Å². The van der Waals surface area contributed by atoms with E-state index in [0.717, 1.165) is 15.9 Å². The van der Waals surface area contributed by atoms with E-state index in [1.165, 1.54) is 39.4 Å². The lowest BCUT2D eigenvalue weighted by molar-refractivity contribution is -0.141. The molecule has 0 unspecified atom stereocenters. The second-order valence-corrected chi connectivity index (χ2v) is 7.80. The molecule has 1 aliphatic rings. The maximum atomic E-state index is 13.3. The molecule has 0 bridgehead atoms. The Morgan fingerprint density at radius 1 is 1.12 bits per heavy atom. The molecule has 1 aliphatic heterocycles. The number of likely N-dealkylation sites (N-methyl/N-ethyl adjacent to an activating group) is 1. The first kappa shape index (κ1) is 23.3. The number of methoxy groups -OCH3 is 1. The minimum atomic E-state index is -4.56. The summed E-state index contributed by atoms with van der Waals surface area (Å²) in [6.45, 7) is -0.297. The van der Waals surface area contributed by atoms with Crippen molar-refractivity contribution in [2.75, 3.05) is 21.2 Å². The Morgan fingerprint density at radius 2 is 1.75 bits per heavy atom. The summed E-state index contributed by atoms with van der Waals surface area (Å²) in [5.74, 6) is -1.21. The van der Waals surface area contributed by atoms with Crippen LogP contribution >= 0.6 is 0 Å². The Bertz CT molecular complexity index is 1050. The first-order valence-electron chi connectivity index (χ1n) is 9.85. The van der Waals surface area contributed by atoms with Crippen molar-refractivity contribution in [1.29, 1.82) is 0 Å². The van der Waals surface area contributed by atoms with Gasteiger partial charge in [-0.05, 0) is 17.7 Å². The van der Waals surface area contributed by atoms with E-state index in [0.29, 0.717) is 11.3 Å². The van der Waals surface area contributed by atoms with Crippen LogP contribution in [0, 0.1) is 0 Å². The topological polar surface area (TPSA) is 66.9 Å². The molecule has 3 amide bonds. The van der Waals surface area contributed by atoms with Crippen LogP contribution in [0.25, 0.3) is 0 Å². The summed E-state index contributed by atoms with van der Waals surface area (Å²) < 4.78 is 45.3. The normalized spacial score (nSPS) is 18.8. The number of para-hydroxylation sites is 1. The Labute approximate surface area is 183 Å². The van der Waals surface area contributed by atoms with Crippen LogP contribution in [0.5, 0.6) is 5.75 Å². The number of hydrogen-bond acceptors (Lipinski definition) is 4. The summed E-state index contributed by atoms with van der Waals surface area (Å²) in [6.07, 6.45) is -5.18. The van der Waals surface area contributed by atoms with Gasteiger partial charge in [0.1, 0.15) is 5.75 Å². The van der Waals surface area contributed by atoms with E-state index in [1.807, 2.05) is 0 Å². The zero-order valence-electron chi connectivity index (χ0n) is 17.9. The van der Waals surface area contributed by atoms with Gasteiger partial charge in [0.25, 0.3) is 0 Å². The summed E-state index contributed by atoms with van der Waals surface area (Å²) in [6, 6.07) is 11.6. The fourth-order valence-corrected chi connectivity index (χ4v) is 4.04. The lowest BCUT2D eigenvalue weighted by Gasteiger charge is -2.30. The standard InChI is InChI=1S/C23H23F3N2O4/c1-27(14-15-8-4-5-9-16(15)23(24,25)26)19(29)12-22(13-20(30)28(2)21(22)31)17-10-6-7-11-18(17)32-3/h4-11H,12-14H2,1-3H3/t22-/m1/s1. The first-order valence-corrected chi connectivity index (χ1v) is 9.85. The lowest BCUT2D eigenvalue weighted by atomic mass is 9.75. The molecule has 1 saturated heterocycles. The van der Waals surface area contributed by atoms with Gasteiger partial charge in [-0.25, -0.2) is 0 Å². The van der Waals surface area contributed by atoms with Gasteiger partial charge >= 0.3 is 6.18 Å². The number of benzene rings is 2. The van der Waals surface area contributed by atoms with Crippen molar-refractivity contribution in [2.45, 2.75) is 31.0 Å². The molecule has 9 heteroatoms. The fourth-order valence-electron chi connectivity index (χ4n) is 4.04. The molecule has 3 rings (SSSR count). The van der Waals surface area contributed by atoms with Gasteiger partial charge in [0, 0.05) is 39.0 Å². The molecular weight excluding hydrogens is 425 g/mol. The van der Waals surface area contributed by atoms with E-state index in [1.54, 1.807) is 24.3 Å². The number of rotatable bonds is 6. The van der Waals surface area contributed by atoms with Crippen LogP contribution in [-0.4, -0.2) is 48.7 Å². The molecule has 0 aliphatic carbocycles. The van der Waals surface area contributed by atoms with Crippen molar-refractivity contribution < 1.29 is 32.3 Å². The Balaban J connectivity index is 1.94. The van der Waals surface area contributed by atoms with Crippen LogP contribution in [0.4, 0.5) is 13.2 Å². The van der Waals surface area contributed by atoms with E-state index < -0.39 is 34.9 Å². The van der Waals surface area contributed by atoms with E-state index in [-0.39, 0.29) is 24.9 Å². The second kappa shape index (κ2) is 8.64. The smallest absolute Gasteiger partial charge is 0.416 e.